The Morgan fingerprint density at radius 2 is 1.93 bits per heavy atom. The van der Waals surface area contributed by atoms with Gasteiger partial charge in [0.1, 0.15) is 5.82 Å². The van der Waals surface area contributed by atoms with E-state index in [0.717, 1.165) is 39.9 Å². The van der Waals surface area contributed by atoms with Gasteiger partial charge in [0.2, 0.25) is 0 Å². The van der Waals surface area contributed by atoms with E-state index < -0.39 is 0 Å². The van der Waals surface area contributed by atoms with Crippen LogP contribution in [0.15, 0.2) is 29.4 Å². The fourth-order valence-electron chi connectivity index (χ4n) is 3.09. The molecule has 0 radical (unpaired) electrons. The lowest BCUT2D eigenvalue weighted by molar-refractivity contribution is 0.412. The third kappa shape index (κ3) is 5.71. The van der Waals surface area contributed by atoms with Crippen molar-refractivity contribution in [2.75, 3.05) is 5.32 Å². The predicted octanol–water partition coefficient (Wildman–Crippen LogP) is 4.86. The molecule has 0 atom stereocenters. The Morgan fingerprint density at radius 3 is 2.63 bits per heavy atom. The number of hydrazone groups is 1. The molecule has 0 bridgehead atoms. The second kappa shape index (κ2) is 9.23. The first kappa shape index (κ1) is 19.7. The number of rotatable bonds is 5. The van der Waals surface area contributed by atoms with E-state index in [4.69, 9.17) is 12.2 Å². The van der Waals surface area contributed by atoms with Crippen LogP contribution in [0.5, 0.6) is 0 Å². The van der Waals surface area contributed by atoms with Crippen LogP contribution in [-0.2, 0) is 0 Å². The fourth-order valence-corrected chi connectivity index (χ4v) is 4.24. The molecule has 1 aliphatic carbocycles. The highest BCUT2D eigenvalue weighted by atomic mass is 32.1. The van der Waals surface area contributed by atoms with Gasteiger partial charge in [0, 0.05) is 11.7 Å². The van der Waals surface area contributed by atoms with Gasteiger partial charge in [-0.15, -0.1) is 0 Å². The number of benzene rings is 1. The van der Waals surface area contributed by atoms with E-state index in [9.17, 15) is 4.39 Å². The number of halogens is 1. The first-order valence-electron chi connectivity index (χ1n) is 9.12. The van der Waals surface area contributed by atoms with Crippen LogP contribution in [0.2, 0.25) is 0 Å². The van der Waals surface area contributed by atoms with Crippen molar-refractivity contribution in [1.82, 2.24) is 15.7 Å². The van der Waals surface area contributed by atoms with E-state index in [-0.39, 0.29) is 5.82 Å². The Labute approximate surface area is 168 Å². The zero-order valence-corrected chi connectivity index (χ0v) is 17.1. The first-order valence-corrected chi connectivity index (χ1v) is 10.3. The van der Waals surface area contributed by atoms with Crippen molar-refractivity contribution in [3.8, 4) is 0 Å². The number of anilines is 2. The van der Waals surface area contributed by atoms with E-state index in [2.05, 4.69) is 26.1 Å². The minimum atomic E-state index is -0.261. The minimum Gasteiger partial charge on any atom is -0.359 e. The highest BCUT2D eigenvalue weighted by Gasteiger charge is 2.14. The maximum Gasteiger partial charge on any atom is 0.188 e. The molecule has 8 heteroatoms. The second-order valence-electron chi connectivity index (χ2n) is 6.68. The maximum atomic E-state index is 13.0. The van der Waals surface area contributed by atoms with E-state index in [1.807, 2.05) is 13.8 Å². The monoisotopic (exact) mass is 405 g/mol. The lowest BCUT2D eigenvalue weighted by Gasteiger charge is -2.23. The molecule has 2 aromatic rings. The van der Waals surface area contributed by atoms with E-state index >= 15 is 0 Å². The summed E-state index contributed by atoms with van der Waals surface area (Å²) in [5.41, 5.74) is 5.45. The number of nitrogens with zero attached hydrogens (tertiary/aromatic N) is 2. The molecule has 0 spiro atoms. The molecule has 5 nitrogen and oxygen atoms in total. The number of aryl methyl sites for hydroxylation is 1. The smallest absolute Gasteiger partial charge is 0.188 e. The van der Waals surface area contributed by atoms with Crippen molar-refractivity contribution in [1.29, 1.82) is 0 Å². The summed E-state index contributed by atoms with van der Waals surface area (Å²) in [6.07, 6.45) is 6.15. The van der Waals surface area contributed by atoms with Crippen LogP contribution in [0.4, 0.5) is 15.2 Å². The average molecular weight is 406 g/mol. The van der Waals surface area contributed by atoms with Gasteiger partial charge in [-0.2, -0.15) is 5.10 Å². The Balaban J connectivity index is 1.59. The van der Waals surface area contributed by atoms with Crippen LogP contribution >= 0.6 is 23.6 Å². The van der Waals surface area contributed by atoms with Gasteiger partial charge >= 0.3 is 0 Å². The normalized spacial score (nSPS) is 15.4. The van der Waals surface area contributed by atoms with Gasteiger partial charge in [-0.3, -0.25) is 5.43 Å². The summed E-state index contributed by atoms with van der Waals surface area (Å²) in [6.45, 7) is 3.87. The van der Waals surface area contributed by atoms with Crippen molar-refractivity contribution in [3.05, 3.63) is 40.7 Å². The molecule has 27 heavy (non-hydrogen) atoms. The van der Waals surface area contributed by atoms with Crippen LogP contribution in [-0.4, -0.2) is 21.8 Å². The topological polar surface area (TPSA) is 61.3 Å². The highest BCUT2D eigenvalue weighted by molar-refractivity contribution is 7.80. The summed E-state index contributed by atoms with van der Waals surface area (Å²) in [5.74, 6) is -0.261. The fraction of sp³-hybridized carbons (Fsp3) is 0.421. The summed E-state index contributed by atoms with van der Waals surface area (Å²) < 4.78 is 13.0. The van der Waals surface area contributed by atoms with Crippen molar-refractivity contribution in [2.24, 2.45) is 5.10 Å². The van der Waals surface area contributed by atoms with Crippen molar-refractivity contribution < 1.29 is 4.39 Å². The van der Waals surface area contributed by atoms with Crippen molar-refractivity contribution >= 4 is 45.2 Å². The molecule has 1 aromatic carbocycles. The number of thiocarbonyl (C=S) groups is 1. The minimum absolute atomic E-state index is 0.261. The van der Waals surface area contributed by atoms with Crippen LogP contribution in [0.1, 0.15) is 49.6 Å². The van der Waals surface area contributed by atoms with Crippen LogP contribution < -0.4 is 16.1 Å². The third-order valence-electron chi connectivity index (χ3n) is 4.49. The molecule has 3 rings (SSSR count). The predicted molar refractivity (Wildman–Crippen MR) is 114 cm³/mol. The standard InChI is InChI=1S/C19H24FN5S2/c1-12-17(27-19(21-12)23-16-10-8-14(20)9-11-16)13(2)24-25-18(26)22-15-6-4-3-5-7-15/h8-11,15H,3-7H2,1-2H3,(H,21,23)(H2,22,25,26)/b24-13-. The van der Waals surface area contributed by atoms with Gasteiger partial charge in [0.25, 0.3) is 0 Å². The molecular formula is C19H24FN5S2. The summed E-state index contributed by atoms with van der Waals surface area (Å²) in [6, 6.07) is 6.65. The van der Waals surface area contributed by atoms with Crippen molar-refractivity contribution in [3.63, 3.8) is 0 Å². The summed E-state index contributed by atoms with van der Waals surface area (Å²) >= 11 is 6.86. The molecule has 1 heterocycles. The molecule has 1 aromatic heterocycles. The van der Waals surface area contributed by atoms with Crippen LogP contribution in [0.3, 0.4) is 0 Å². The Kier molecular flexibility index (Phi) is 6.73. The zero-order chi connectivity index (χ0) is 19.2. The summed E-state index contributed by atoms with van der Waals surface area (Å²) in [7, 11) is 0. The molecule has 1 saturated carbocycles. The average Bonchev–Trinajstić information content (AvgIpc) is 3.03. The molecule has 1 aliphatic rings. The Morgan fingerprint density at radius 1 is 1.22 bits per heavy atom. The van der Waals surface area contributed by atoms with Crippen LogP contribution in [0, 0.1) is 12.7 Å². The lowest BCUT2D eigenvalue weighted by atomic mass is 9.96. The van der Waals surface area contributed by atoms with Gasteiger partial charge in [0.05, 0.1) is 16.3 Å². The molecule has 0 saturated heterocycles. The van der Waals surface area contributed by atoms with Gasteiger partial charge < -0.3 is 10.6 Å². The van der Waals surface area contributed by atoms with Gasteiger partial charge in [0.15, 0.2) is 10.2 Å². The van der Waals surface area contributed by atoms with E-state index in [0.29, 0.717) is 11.2 Å². The number of nitrogens with one attached hydrogen (secondary N) is 3. The third-order valence-corrected chi connectivity index (χ3v) is 5.88. The quantitative estimate of drug-likeness (QED) is 0.377. The molecule has 3 N–H and O–H groups in total. The van der Waals surface area contributed by atoms with E-state index in [1.54, 1.807) is 12.1 Å². The number of hydrogen-bond donors (Lipinski definition) is 3. The molecule has 0 aliphatic heterocycles. The van der Waals surface area contributed by atoms with Crippen LogP contribution in [0.25, 0.3) is 0 Å². The second-order valence-corrected chi connectivity index (χ2v) is 8.09. The Hall–Kier alpha value is -2.06. The van der Waals surface area contributed by atoms with Gasteiger partial charge in [-0.1, -0.05) is 30.6 Å². The lowest BCUT2D eigenvalue weighted by Crippen LogP contribution is -2.41. The molecule has 0 unspecified atom stereocenters. The highest BCUT2D eigenvalue weighted by Crippen LogP contribution is 2.26. The van der Waals surface area contributed by atoms with Gasteiger partial charge in [-0.25, -0.2) is 9.37 Å². The zero-order valence-electron chi connectivity index (χ0n) is 15.5. The summed E-state index contributed by atoms with van der Waals surface area (Å²) in [5, 5.41) is 12.2. The number of thiazole rings is 1. The number of aromatic nitrogens is 1. The van der Waals surface area contributed by atoms with Crippen molar-refractivity contribution in [2.45, 2.75) is 52.0 Å². The van der Waals surface area contributed by atoms with E-state index in [1.165, 1.54) is 42.7 Å². The SMILES string of the molecule is C/C(=N/NC(=S)NC1CCCCC1)c1sc(Nc2ccc(F)cc2)nc1C. The number of hydrogen-bond acceptors (Lipinski definition) is 5. The largest absolute Gasteiger partial charge is 0.359 e. The molecule has 1 fully saturated rings. The summed E-state index contributed by atoms with van der Waals surface area (Å²) in [4.78, 5) is 5.51. The van der Waals surface area contributed by atoms with Gasteiger partial charge in [-0.05, 0) is 63.2 Å². The molecule has 144 valence electrons. The Bertz CT molecular complexity index is 810. The molecule has 0 amide bonds. The molecular weight excluding hydrogens is 381 g/mol. The first-order chi connectivity index (χ1) is 13.0. The maximum absolute atomic E-state index is 13.0.